The Kier molecular flexibility index (Phi) is 5.71. The molecule has 0 bridgehead atoms. The van der Waals surface area contributed by atoms with Gasteiger partial charge in [0.15, 0.2) is 0 Å². The summed E-state index contributed by atoms with van der Waals surface area (Å²) in [4.78, 5) is 12.4. The lowest BCUT2D eigenvalue weighted by Gasteiger charge is -2.31. The number of sulfonamides is 1. The maximum Gasteiger partial charge on any atom is 0.223 e. The van der Waals surface area contributed by atoms with Crippen LogP contribution in [0.2, 0.25) is 5.02 Å². The molecule has 0 saturated heterocycles. The Morgan fingerprint density at radius 3 is 2.56 bits per heavy atom. The second kappa shape index (κ2) is 7.64. The van der Waals surface area contributed by atoms with Gasteiger partial charge in [-0.25, -0.2) is 13.1 Å². The fraction of sp³-hybridized carbons (Fsp3) is 0.611. The quantitative estimate of drug-likeness (QED) is 0.791. The lowest BCUT2D eigenvalue weighted by atomic mass is 9.85. The molecule has 1 amide bonds. The van der Waals surface area contributed by atoms with Crippen molar-refractivity contribution in [1.82, 2.24) is 10.0 Å². The van der Waals surface area contributed by atoms with Gasteiger partial charge < -0.3 is 5.32 Å². The molecule has 0 aliphatic heterocycles. The van der Waals surface area contributed by atoms with Gasteiger partial charge in [-0.15, -0.1) is 0 Å². The summed E-state index contributed by atoms with van der Waals surface area (Å²) >= 11 is 5.90. The van der Waals surface area contributed by atoms with Crippen molar-refractivity contribution >= 4 is 27.5 Å². The van der Waals surface area contributed by atoms with Crippen molar-refractivity contribution in [2.45, 2.75) is 44.1 Å². The van der Waals surface area contributed by atoms with Gasteiger partial charge in [-0.3, -0.25) is 4.79 Å². The lowest BCUT2D eigenvalue weighted by Crippen LogP contribution is -2.46. The Morgan fingerprint density at radius 2 is 1.88 bits per heavy atom. The van der Waals surface area contributed by atoms with E-state index in [1.165, 1.54) is 6.26 Å². The van der Waals surface area contributed by atoms with E-state index in [4.69, 9.17) is 11.6 Å². The highest BCUT2D eigenvalue weighted by atomic mass is 35.5. The van der Waals surface area contributed by atoms with Crippen LogP contribution in [-0.2, 0) is 14.8 Å². The van der Waals surface area contributed by atoms with E-state index in [9.17, 15) is 13.2 Å². The van der Waals surface area contributed by atoms with Gasteiger partial charge in [0, 0.05) is 23.5 Å². The number of benzene rings is 1. The molecule has 138 valence electrons. The molecule has 2 saturated carbocycles. The molecule has 3 rings (SSSR count). The van der Waals surface area contributed by atoms with E-state index in [0.29, 0.717) is 11.6 Å². The van der Waals surface area contributed by atoms with Crippen molar-refractivity contribution in [1.29, 1.82) is 0 Å². The number of hydrogen-bond acceptors (Lipinski definition) is 3. The van der Waals surface area contributed by atoms with Gasteiger partial charge in [0.05, 0.1) is 6.26 Å². The minimum atomic E-state index is -3.22. The van der Waals surface area contributed by atoms with Gasteiger partial charge in [0.1, 0.15) is 0 Å². The smallest absolute Gasteiger partial charge is 0.223 e. The number of hydrogen-bond donors (Lipinski definition) is 2. The summed E-state index contributed by atoms with van der Waals surface area (Å²) in [6.07, 6.45) is 5.95. The Balaban J connectivity index is 1.51. The highest BCUT2D eigenvalue weighted by Gasteiger charge is 2.44. The molecule has 1 aromatic rings. The summed E-state index contributed by atoms with van der Waals surface area (Å²) in [5.74, 6) is 0.531. The molecule has 0 aromatic heterocycles. The van der Waals surface area contributed by atoms with E-state index in [2.05, 4.69) is 10.0 Å². The molecule has 2 aliphatic carbocycles. The topological polar surface area (TPSA) is 75.3 Å². The maximum atomic E-state index is 12.4. The Labute approximate surface area is 154 Å². The van der Waals surface area contributed by atoms with Crippen molar-refractivity contribution in [3.05, 3.63) is 34.9 Å². The summed E-state index contributed by atoms with van der Waals surface area (Å²) in [6.45, 7) is 0.538. The van der Waals surface area contributed by atoms with Gasteiger partial charge in [-0.2, -0.15) is 0 Å². The van der Waals surface area contributed by atoms with Crippen LogP contribution >= 0.6 is 11.6 Å². The Bertz CT molecular complexity index is 720. The first-order valence-corrected chi connectivity index (χ1v) is 11.1. The highest BCUT2D eigenvalue weighted by Crippen LogP contribution is 2.47. The molecular weight excluding hydrogens is 360 g/mol. The average Bonchev–Trinajstić information content (AvgIpc) is 3.34. The summed E-state index contributed by atoms with van der Waals surface area (Å²) in [7, 11) is -3.22. The van der Waals surface area contributed by atoms with Crippen LogP contribution in [0.5, 0.6) is 0 Å². The third kappa shape index (κ3) is 5.19. The number of amides is 1. The van der Waals surface area contributed by atoms with Gasteiger partial charge in [0.2, 0.25) is 15.9 Å². The molecule has 0 radical (unpaired) electrons. The first kappa shape index (κ1) is 18.7. The fourth-order valence-corrected chi connectivity index (χ4v) is 4.79. The SMILES string of the molecule is CS(=O)(=O)NC1CCCCC1CNC(=O)[C@@H]1C[C@H]1c1ccc(Cl)cc1. The molecule has 2 unspecified atom stereocenters. The van der Waals surface area contributed by atoms with E-state index in [0.717, 1.165) is 37.7 Å². The molecule has 5 nitrogen and oxygen atoms in total. The van der Waals surface area contributed by atoms with Crippen LogP contribution in [-0.4, -0.2) is 33.2 Å². The zero-order valence-corrected chi connectivity index (χ0v) is 15.9. The molecule has 0 spiro atoms. The van der Waals surface area contributed by atoms with Gasteiger partial charge in [-0.1, -0.05) is 36.6 Å². The minimum absolute atomic E-state index is 0.0195. The van der Waals surface area contributed by atoms with Crippen molar-refractivity contribution in [3.8, 4) is 0 Å². The summed E-state index contributed by atoms with van der Waals surface area (Å²) in [5, 5.41) is 3.74. The van der Waals surface area contributed by atoms with Gasteiger partial charge >= 0.3 is 0 Å². The summed E-state index contributed by atoms with van der Waals surface area (Å²) in [5.41, 5.74) is 1.15. The molecular formula is C18H25ClN2O3S. The first-order chi connectivity index (χ1) is 11.8. The van der Waals surface area contributed by atoms with E-state index in [1.807, 2.05) is 24.3 Å². The lowest BCUT2D eigenvalue weighted by molar-refractivity contribution is -0.122. The molecule has 1 aromatic carbocycles. The molecule has 7 heteroatoms. The fourth-order valence-electron chi connectivity index (χ4n) is 3.81. The second-order valence-electron chi connectivity index (χ2n) is 7.29. The number of halogens is 1. The summed E-state index contributed by atoms with van der Waals surface area (Å²) < 4.78 is 25.8. The normalized spacial score (nSPS) is 29.2. The third-order valence-corrected chi connectivity index (χ3v) is 6.22. The number of carbonyl (C=O) groups is 1. The predicted molar refractivity (Wildman–Crippen MR) is 99.0 cm³/mol. The van der Waals surface area contributed by atoms with Crippen molar-refractivity contribution in [2.24, 2.45) is 11.8 Å². The van der Waals surface area contributed by atoms with Crippen molar-refractivity contribution in [3.63, 3.8) is 0 Å². The maximum absolute atomic E-state index is 12.4. The van der Waals surface area contributed by atoms with E-state index >= 15 is 0 Å². The number of nitrogens with one attached hydrogen (secondary N) is 2. The molecule has 2 aliphatic rings. The first-order valence-electron chi connectivity index (χ1n) is 8.84. The average molecular weight is 385 g/mol. The Hall–Kier alpha value is -1.11. The molecule has 2 fully saturated rings. The van der Waals surface area contributed by atoms with Gasteiger partial charge in [0.25, 0.3) is 0 Å². The molecule has 0 heterocycles. The standard InChI is InChI=1S/C18H25ClN2O3S/c1-25(23,24)21-17-5-3-2-4-13(17)11-20-18(22)16-10-15(16)12-6-8-14(19)9-7-12/h6-9,13,15-17,21H,2-5,10-11H2,1H3,(H,20,22)/t13?,15-,16+,17?/m0/s1. The minimum Gasteiger partial charge on any atom is -0.356 e. The van der Waals surface area contributed by atoms with E-state index < -0.39 is 10.0 Å². The molecule has 2 N–H and O–H groups in total. The largest absolute Gasteiger partial charge is 0.356 e. The van der Waals surface area contributed by atoms with Crippen LogP contribution in [0.1, 0.15) is 43.6 Å². The zero-order valence-electron chi connectivity index (χ0n) is 14.4. The highest BCUT2D eigenvalue weighted by molar-refractivity contribution is 7.88. The molecule has 25 heavy (non-hydrogen) atoms. The van der Waals surface area contributed by atoms with Crippen molar-refractivity contribution < 1.29 is 13.2 Å². The van der Waals surface area contributed by atoms with E-state index in [1.54, 1.807) is 0 Å². The van der Waals surface area contributed by atoms with Crippen LogP contribution in [0.15, 0.2) is 24.3 Å². The monoisotopic (exact) mass is 384 g/mol. The third-order valence-electron chi connectivity index (χ3n) is 5.24. The second-order valence-corrected chi connectivity index (χ2v) is 9.50. The summed E-state index contributed by atoms with van der Waals surface area (Å²) in [6, 6.07) is 7.60. The predicted octanol–water partition coefficient (Wildman–Crippen LogP) is 2.67. The number of rotatable bonds is 6. The van der Waals surface area contributed by atoms with E-state index in [-0.39, 0.29) is 29.7 Å². The van der Waals surface area contributed by atoms with Gasteiger partial charge in [-0.05, 0) is 48.8 Å². The van der Waals surface area contributed by atoms with Crippen LogP contribution < -0.4 is 10.0 Å². The molecule has 4 atom stereocenters. The van der Waals surface area contributed by atoms with Crippen molar-refractivity contribution in [2.75, 3.05) is 12.8 Å². The van der Waals surface area contributed by atoms with Crippen LogP contribution in [0, 0.1) is 11.8 Å². The van der Waals surface area contributed by atoms with Crippen LogP contribution in [0.4, 0.5) is 0 Å². The van der Waals surface area contributed by atoms with Crippen LogP contribution in [0.25, 0.3) is 0 Å². The van der Waals surface area contributed by atoms with Crippen LogP contribution in [0.3, 0.4) is 0 Å². The number of carbonyl (C=O) groups excluding carboxylic acids is 1. The Morgan fingerprint density at radius 1 is 1.20 bits per heavy atom. The zero-order chi connectivity index (χ0) is 18.0.